The van der Waals surface area contributed by atoms with Gasteiger partial charge in [-0.1, -0.05) is 0 Å². The van der Waals surface area contributed by atoms with Crippen LogP contribution in [0.2, 0.25) is 0 Å². The van der Waals surface area contributed by atoms with Gasteiger partial charge < -0.3 is 5.32 Å². The van der Waals surface area contributed by atoms with Gasteiger partial charge >= 0.3 is 0 Å². The summed E-state index contributed by atoms with van der Waals surface area (Å²) in [6.45, 7) is 0. The number of likely N-dealkylation sites (N-methyl/N-ethyl adjacent to an activating group) is 1. The van der Waals surface area contributed by atoms with Crippen molar-refractivity contribution in [1.29, 1.82) is 0 Å². The molecule has 0 aromatic carbocycles. The second-order valence-corrected chi connectivity index (χ2v) is 5.27. The predicted octanol–water partition coefficient (Wildman–Crippen LogP) is 3.41. The van der Waals surface area contributed by atoms with Crippen LogP contribution >= 0.6 is 27.3 Å². The van der Waals surface area contributed by atoms with Gasteiger partial charge in [0.25, 0.3) is 0 Å². The molecular weight excluding hydrogens is 284 g/mol. The van der Waals surface area contributed by atoms with Gasteiger partial charge in [0, 0.05) is 10.7 Å². The minimum atomic E-state index is 0.280. The Hall–Kier alpha value is -0.710. The van der Waals surface area contributed by atoms with Crippen molar-refractivity contribution >= 4 is 27.3 Å². The number of nitrogens with zero attached hydrogens (tertiary/aromatic N) is 1. The van der Waals surface area contributed by atoms with E-state index in [1.54, 1.807) is 11.3 Å². The summed E-state index contributed by atoms with van der Waals surface area (Å²) in [6, 6.07) is 6.52. The fourth-order valence-corrected chi connectivity index (χ4v) is 2.51. The molecule has 0 aliphatic rings. The highest BCUT2D eigenvalue weighted by Gasteiger charge is 2.11. The summed E-state index contributed by atoms with van der Waals surface area (Å²) >= 11 is 5.13. The van der Waals surface area contributed by atoms with Crippen molar-refractivity contribution in [3.05, 3.63) is 50.9 Å². The number of hydrogen-bond donors (Lipinski definition) is 1. The number of halogens is 1. The number of aromatic nitrogens is 1. The molecular formula is C12H13BrN2S. The first-order valence-corrected chi connectivity index (χ1v) is 6.83. The van der Waals surface area contributed by atoms with Crippen molar-refractivity contribution in [2.45, 2.75) is 12.5 Å². The lowest BCUT2D eigenvalue weighted by atomic mass is 10.1. The molecule has 0 aliphatic heterocycles. The number of nitrogens with one attached hydrogen (secondary N) is 1. The molecule has 1 unspecified atom stereocenters. The molecule has 2 aromatic heterocycles. The molecule has 2 nitrogen and oxygen atoms in total. The van der Waals surface area contributed by atoms with Crippen LogP contribution in [0.3, 0.4) is 0 Å². The van der Waals surface area contributed by atoms with Crippen LogP contribution in [-0.2, 0) is 6.42 Å². The van der Waals surface area contributed by atoms with Gasteiger partial charge in [-0.25, -0.2) is 0 Å². The zero-order valence-corrected chi connectivity index (χ0v) is 11.4. The van der Waals surface area contributed by atoms with E-state index in [0.29, 0.717) is 0 Å². The van der Waals surface area contributed by atoms with Gasteiger partial charge in [0.2, 0.25) is 0 Å². The Morgan fingerprint density at radius 2 is 2.31 bits per heavy atom. The monoisotopic (exact) mass is 296 g/mol. The fourth-order valence-electron chi connectivity index (χ4n) is 1.59. The van der Waals surface area contributed by atoms with Crippen LogP contribution in [-0.4, -0.2) is 12.0 Å². The third-order valence-corrected chi connectivity index (χ3v) is 3.68. The molecule has 0 saturated carbocycles. The molecule has 0 fully saturated rings. The highest BCUT2D eigenvalue weighted by atomic mass is 79.9. The molecule has 2 heterocycles. The lowest BCUT2D eigenvalue weighted by Crippen LogP contribution is -2.19. The van der Waals surface area contributed by atoms with Crippen molar-refractivity contribution < 1.29 is 0 Å². The molecule has 1 atom stereocenters. The summed E-state index contributed by atoms with van der Waals surface area (Å²) in [4.78, 5) is 4.42. The van der Waals surface area contributed by atoms with Crippen LogP contribution in [0.4, 0.5) is 0 Å². The Balaban J connectivity index is 2.13. The summed E-state index contributed by atoms with van der Waals surface area (Å²) in [5, 5.41) is 7.59. The van der Waals surface area contributed by atoms with Gasteiger partial charge in [-0.2, -0.15) is 11.3 Å². The normalized spacial score (nSPS) is 12.6. The molecule has 84 valence electrons. The Labute approximate surface area is 108 Å². The largest absolute Gasteiger partial charge is 0.311 e. The zero-order chi connectivity index (χ0) is 11.4. The average Bonchev–Trinajstić information content (AvgIpc) is 2.80. The molecule has 4 heteroatoms. The maximum Gasteiger partial charge on any atom is 0.0577 e. The second kappa shape index (κ2) is 5.57. The molecule has 1 N–H and O–H groups in total. The minimum Gasteiger partial charge on any atom is -0.311 e. The lowest BCUT2D eigenvalue weighted by molar-refractivity contribution is 0.576. The summed E-state index contributed by atoms with van der Waals surface area (Å²) < 4.78 is 1.02. The van der Waals surface area contributed by atoms with Crippen LogP contribution in [0.15, 0.2) is 39.6 Å². The quantitative estimate of drug-likeness (QED) is 0.935. The predicted molar refractivity (Wildman–Crippen MR) is 71.8 cm³/mol. The van der Waals surface area contributed by atoms with E-state index in [1.165, 1.54) is 5.56 Å². The number of hydrogen-bond acceptors (Lipinski definition) is 3. The first-order valence-electron chi connectivity index (χ1n) is 5.09. The summed E-state index contributed by atoms with van der Waals surface area (Å²) in [7, 11) is 1.97. The van der Waals surface area contributed by atoms with Gasteiger partial charge in [-0.15, -0.1) is 0 Å². The van der Waals surface area contributed by atoms with E-state index in [-0.39, 0.29) is 6.04 Å². The third kappa shape index (κ3) is 2.90. The molecule has 0 bridgehead atoms. The summed E-state index contributed by atoms with van der Waals surface area (Å²) in [6.07, 6.45) is 2.82. The maximum absolute atomic E-state index is 4.42. The van der Waals surface area contributed by atoms with Gasteiger partial charge in [-0.05, 0) is 63.9 Å². The van der Waals surface area contributed by atoms with E-state index >= 15 is 0 Å². The second-order valence-electron chi connectivity index (χ2n) is 3.58. The molecule has 0 radical (unpaired) electrons. The fraction of sp³-hybridized carbons (Fsp3) is 0.250. The Morgan fingerprint density at radius 1 is 1.44 bits per heavy atom. The highest BCUT2D eigenvalue weighted by Crippen LogP contribution is 2.19. The number of thiophene rings is 1. The Morgan fingerprint density at radius 3 is 2.88 bits per heavy atom. The average molecular weight is 297 g/mol. The van der Waals surface area contributed by atoms with Crippen molar-refractivity contribution in [2.75, 3.05) is 7.05 Å². The van der Waals surface area contributed by atoms with Crippen molar-refractivity contribution in [1.82, 2.24) is 10.3 Å². The molecule has 2 aromatic rings. The van der Waals surface area contributed by atoms with Gasteiger partial charge in [0.1, 0.15) is 0 Å². The van der Waals surface area contributed by atoms with Crippen LogP contribution in [0.1, 0.15) is 17.3 Å². The molecule has 0 amide bonds. The number of pyridine rings is 1. The molecule has 0 spiro atoms. The zero-order valence-electron chi connectivity index (χ0n) is 8.98. The SMILES string of the molecule is CNC(Cc1ccsc1)c1ccc(Br)cn1. The topological polar surface area (TPSA) is 24.9 Å². The third-order valence-electron chi connectivity index (χ3n) is 2.48. The van der Waals surface area contributed by atoms with Crippen molar-refractivity contribution in [3.63, 3.8) is 0 Å². The van der Waals surface area contributed by atoms with Crippen LogP contribution in [0.5, 0.6) is 0 Å². The smallest absolute Gasteiger partial charge is 0.0577 e. The molecule has 16 heavy (non-hydrogen) atoms. The van der Waals surface area contributed by atoms with Crippen LogP contribution < -0.4 is 5.32 Å². The van der Waals surface area contributed by atoms with Gasteiger partial charge in [-0.3, -0.25) is 4.98 Å². The molecule has 0 saturated heterocycles. The van der Waals surface area contributed by atoms with E-state index < -0.39 is 0 Å². The Bertz CT molecular complexity index is 425. The summed E-state index contributed by atoms with van der Waals surface area (Å²) in [5.74, 6) is 0. The number of rotatable bonds is 4. The van der Waals surface area contributed by atoms with E-state index in [0.717, 1.165) is 16.6 Å². The molecule has 2 rings (SSSR count). The van der Waals surface area contributed by atoms with E-state index in [9.17, 15) is 0 Å². The van der Waals surface area contributed by atoms with Gasteiger partial charge in [0.05, 0.1) is 11.7 Å². The Kier molecular flexibility index (Phi) is 4.09. The van der Waals surface area contributed by atoms with E-state index in [2.05, 4.69) is 49.1 Å². The lowest BCUT2D eigenvalue weighted by Gasteiger charge is -2.14. The van der Waals surface area contributed by atoms with Gasteiger partial charge in [0.15, 0.2) is 0 Å². The molecule has 0 aliphatic carbocycles. The standard InChI is InChI=1S/C12H13BrN2S/c1-14-12(6-9-4-5-16-8-9)11-3-2-10(13)7-15-11/h2-5,7-8,12,14H,6H2,1H3. The van der Waals surface area contributed by atoms with E-state index in [4.69, 9.17) is 0 Å². The van der Waals surface area contributed by atoms with E-state index in [1.807, 2.05) is 19.3 Å². The van der Waals surface area contributed by atoms with Crippen LogP contribution in [0.25, 0.3) is 0 Å². The van der Waals surface area contributed by atoms with Crippen LogP contribution in [0, 0.1) is 0 Å². The minimum absolute atomic E-state index is 0.280. The maximum atomic E-state index is 4.42. The van der Waals surface area contributed by atoms with Crippen molar-refractivity contribution in [2.24, 2.45) is 0 Å². The van der Waals surface area contributed by atoms with Crippen molar-refractivity contribution in [3.8, 4) is 0 Å². The summed E-state index contributed by atoms with van der Waals surface area (Å²) in [5.41, 5.74) is 2.44. The first-order chi connectivity index (χ1) is 7.79. The highest BCUT2D eigenvalue weighted by molar-refractivity contribution is 9.10. The first kappa shape index (κ1) is 11.8.